The lowest BCUT2D eigenvalue weighted by Crippen LogP contribution is -2.35. The number of sulfonamides is 1. The Morgan fingerprint density at radius 2 is 1.87 bits per heavy atom. The van der Waals surface area contributed by atoms with Gasteiger partial charge in [-0.05, 0) is 69.0 Å². The van der Waals surface area contributed by atoms with E-state index in [9.17, 15) is 13.2 Å². The highest BCUT2D eigenvalue weighted by molar-refractivity contribution is 7.92. The van der Waals surface area contributed by atoms with Crippen LogP contribution in [0.2, 0.25) is 0 Å². The molecule has 1 aliphatic heterocycles. The number of hydrogen-bond donors (Lipinski definition) is 1. The second-order valence-corrected chi connectivity index (χ2v) is 9.55. The number of fused-ring (bicyclic) bond motifs is 1. The second kappa shape index (κ2) is 10.6. The van der Waals surface area contributed by atoms with Crippen LogP contribution < -0.4 is 14.4 Å². The van der Waals surface area contributed by atoms with Crippen molar-refractivity contribution in [2.24, 2.45) is 0 Å². The summed E-state index contributed by atoms with van der Waals surface area (Å²) in [6, 6.07) is 13.8. The zero-order valence-electron chi connectivity index (χ0n) is 18.0. The highest BCUT2D eigenvalue weighted by Gasteiger charge is 2.28. The number of amides is 1. The van der Waals surface area contributed by atoms with Crippen LogP contribution in [0, 0.1) is 0 Å². The Bertz CT molecular complexity index is 974. The van der Waals surface area contributed by atoms with Crippen molar-refractivity contribution in [3.63, 3.8) is 0 Å². The molecule has 3 rings (SSSR count). The molecule has 0 radical (unpaired) electrons. The third-order valence-electron chi connectivity index (χ3n) is 4.94. The molecule has 2 aromatic carbocycles. The highest BCUT2D eigenvalue weighted by atomic mass is 32.2. The molecule has 0 bridgehead atoms. The van der Waals surface area contributed by atoms with Crippen molar-refractivity contribution in [2.45, 2.75) is 44.1 Å². The fourth-order valence-electron chi connectivity index (χ4n) is 3.40. The minimum atomic E-state index is -3.66. The third kappa shape index (κ3) is 6.21. The van der Waals surface area contributed by atoms with Gasteiger partial charge in [0.25, 0.3) is 15.9 Å². The maximum atomic E-state index is 13.2. The summed E-state index contributed by atoms with van der Waals surface area (Å²) < 4.78 is 38.7. The van der Waals surface area contributed by atoms with Crippen LogP contribution in [0.15, 0.2) is 53.4 Å². The van der Waals surface area contributed by atoms with Crippen molar-refractivity contribution in [3.8, 4) is 5.75 Å². The normalized spacial score (nSPS) is 13.7. The molecule has 1 N–H and O–H groups in total. The number of rotatable bonds is 10. The molecule has 1 amide bonds. The Morgan fingerprint density at radius 1 is 1.13 bits per heavy atom. The topological polar surface area (TPSA) is 84.9 Å². The molecule has 0 aliphatic carbocycles. The monoisotopic (exact) mass is 446 g/mol. The first kappa shape index (κ1) is 23.1. The van der Waals surface area contributed by atoms with Gasteiger partial charge in [-0.25, -0.2) is 8.42 Å². The predicted octanol–water partition coefficient (Wildman–Crippen LogP) is 3.14. The molecular formula is C23H30N2O5S. The van der Waals surface area contributed by atoms with Gasteiger partial charge in [-0.15, -0.1) is 0 Å². The molecule has 0 atom stereocenters. The predicted molar refractivity (Wildman–Crippen MR) is 120 cm³/mol. The Kier molecular flexibility index (Phi) is 7.92. The van der Waals surface area contributed by atoms with E-state index in [2.05, 4.69) is 5.32 Å². The lowest BCUT2D eigenvalue weighted by atomic mass is 10.0. The minimum absolute atomic E-state index is 0.128. The van der Waals surface area contributed by atoms with Crippen LogP contribution >= 0.6 is 0 Å². The number of nitrogens with zero attached hydrogens (tertiary/aromatic N) is 1. The van der Waals surface area contributed by atoms with Crippen LogP contribution in [-0.2, 0) is 26.0 Å². The number of anilines is 1. The Balaban J connectivity index is 1.54. The molecule has 0 fully saturated rings. The van der Waals surface area contributed by atoms with Crippen molar-refractivity contribution < 1.29 is 22.7 Å². The van der Waals surface area contributed by atoms with Crippen molar-refractivity contribution in [3.05, 3.63) is 54.1 Å². The molecule has 0 aromatic heterocycles. The fourth-order valence-corrected chi connectivity index (χ4v) is 4.94. The lowest BCUT2D eigenvalue weighted by Gasteiger charge is -2.30. The van der Waals surface area contributed by atoms with Crippen LogP contribution in [0.5, 0.6) is 5.75 Å². The summed E-state index contributed by atoms with van der Waals surface area (Å²) in [5.41, 5.74) is 1.78. The van der Waals surface area contributed by atoms with E-state index < -0.39 is 10.0 Å². The summed E-state index contributed by atoms with van der Waals surface area (Å²) in [6.07, 6.45) is 2.57. The number of ether oxygens (including phenoxy) is 2. The van der Waals surface area contributed by atoms with Gasteiger partial charge in [-0.1, -0.05) is 18.2 Å². The van der Waals surface area contributed by atoms with E-state index in [1.807, 2.05) is 38.1 Å². The summed E-state index contributed by atoms with van der Waals surface area (Å²) in [4.78, 5) is 12.1. The van der Waals surface area contributed by atoms with Crippen LogP contribution in [0.25, 0.3) is 0 Å². The largest absolute Gasteiger partial charge is 0.484 e. The molecule has 1 heterocycles. The quantitative estimate of drug-likeness (QED) is 0.567. The molecule has 168 valence electrons. The van der Waals surface area contributed by atoms with E-state index in [1.54, 1.807) is 12.1 Å². The maximum Gasteiger partial charge on any atom is 0.264 e. The van der Waals surface area contributed by atoms with Gasteiger partial charge < -0.3 is 14.8 Å². The molecule has 8 heteroatoms. The first-order valence-electron chi connectivity index (χ1n) is 10.6. The van der Waals surface area contributed by atoms with Gasteiger partial charge in [0.05, 0.1) is 16.7 Å². The van der Waals surface area contributed by atoms with E-state index in [0.29, 0.717) is 25.4 Å². The lowest BCUT2D eigenvalue weighted by molar-refractivity contribution is -0.123. The van der Waals surface area contributed by atoms with Crippen LogP contribution in [-0.4, -0.2) is 46.7 Å². The number of carbonyl (C=O) groups excluding carboxylic acids is 1. The smallest absolute Gasteiger partial charge is 0.264 e. The van der Waals surface area contributed by atoms with Crippen LogP contribution in [0.3, 0.4) is 0 Å². The first-order chi connectivity index (χ1) is 14.9. The average molecular weight is 447 g/mol. The molecule has 1 aliphatic rings. The van der Waals surface area contributed by atoms with E-state index >= 15 is 0 Å². The Labute approximate surface area is 184 Å². The zero-order valence-corrected chi connectivity index (χ0v) is 18.9. The molecular weight excluding hydrogens is 416 g/mol. The Hall–Kier alpha value is -2.58. The SMILES string of the molecule is CC(C)OCCCNC(=O)COc1ccc(S(=O)(=O)N2CCCc3ccccc32)cc1. The van der Waals surface area contributed by atoms with E-state index in [4.69, 9.17) is 9.47 Å². The van der Waals surface area contributed by atoms with E-state index in [-0.39, 0.29) is 23.5 Å². The average Bonchev–Trinajstić information content (AvgIpc) is 2.77. The van der Waals surface area contributed by atoms with Gasteiger partial charge in [0.15, 0.2) is 6.61 Å². The minimum Gasteiger partial charge on any atom is -0.484 e. The molecule has 0 unspecified atom stereocenters. The van der Waals surface area contributed by atoms with Crippen molar-refractivity contribution in [1.82, 2.24) is 5.32 Å². The number of benzene rings is 2. The highest BCUT2D eigenvalue weighted by Crippen LogP contribution is 2.32. The van der Waals surface area contributed by atoms with Gasteiger partial charge >= 0.3 is 0 Å². The number of para-hydroxylation sites is 1. The number of carbonyl (C=O) groups is 1. The van der Waals surface area contributed by atoms with Gasteiger partial charge in [-0.3, -0.25) is 9.10 Å². The third-order valence-corrected chi connectivity index (χ3v) is 6.77. The molecule has 0 spiro atoms. The number of hydrogen-bond acceptors (Lipinski definition) is 5. The zero-order chi connectivity index (χ0) is 22.3. The molecule has 7 nitrogen and oxygen atoms in total. The molecule has 0 saturated heterocycles. The summed E-state index contributed by atoms with van der Waals surface area (Å²) in [6.45, 7) is 5.37. The molecule has 31 heavy (non-hydrogen) atoms. The van der Waals surface area contributed by atoms with Gasteiger partial charge in [-0.2, -0.15) is 0 Å². The van der Waals surface area contributed by atoms with Crippen LogP contribution in [0.4, 0.5) is 5.69 Å². The number of nitrogens with one attached hydrogen (secondary N) is 1. The number of aryl methyl sites for hydroxylation is 1. The summed E-state index contributed by atoms with van der Waals surface area (Å²) >= 11 is 0. The maximum absolute atomic E-state index is 13.2. The molecule has 2 aromatic rings. The van der Waals surface area contributed by atoms with Crippen molar-refractivity contribution in [2.75, 3.05) is 30.6 Å². The van der Waals surface area contributed by atoms with Crippen molar-refractivity contribution in [1.29, 1.82) is 0 Å². The second-order valence-electron chi connectivity index (χ2n) is 7.69. The summed E-state index contributed by atoms with van der Waals surface area (Å²) in [7, 11) is -3.66. The summed E-state index contributed by atoms with van der Waals surface area (Å²) in [5, 5.41) is 2.77. The van der Waals surface area contributed by atoms with Crippen molar-refractivity contribution >= 4 is 21.6 Å². The fraction of sp³-hybridized carbons (Fsp3) is 0.435. The Morgan fingerprint density at radius 3 is 2.61 bits per heavy atom. The van der Waals surface area contributed by atoms with Crippen LogP contribution in [0.1, 0.15) is 32.3 Å². The molecule has 0 saturated carbocycles. The van der Waals surface area contributed by atoms with Gasteiger partial charge in [0.2, 0.25) is 0 Å². The first-order valence-corrected chi connectivity index (χ1v) is 12.0. The van der Waals surface area contributed by atoms with Gasteiger partial charge in [0, 0.05) is 19.7 Å². The van der Waals surface area contributed by atoms with E-state index in [0.717, 1.165) is 30.5 Å². The van der Waals surface area contributed by atoms with Gasteiger partial charge in [0.1, 0.15) is 5.75 Å². The summed E-state index contributed by atoms with van der Waals surface area (Å²) in [5.74, 6) is 0.211. The standard InChI is InChI=1S/C23H30N2O5S/c1-18(2)29-16-6-14-24-23(26)17-30-20-10-12-21(13-11-20)31(27,28)25-15-5-8-19-7-3-4-9-22(19)25/h3-4,7,9-13,18H,5-6,8,14-17H2,1-2H3,(H,24,26). The van der Waals surface area contributed by atoms with E-state index in [1.165, 1.54) is 16.4 Å².